The van der Waals surface area contributed by atoms with Crippen molar-refractivity contribution < 1.29 is 12.6 Å². The molecule has 1 atom stereocenters. The molecule has 0 radical (unpaired) electrons. The highest BCUT2D eigenvalue weighted by molar-refractivity contribution is 7.75. The Hall–Kier alpha value is 0.0700. The first-order valence-corrected chi connectivity index (χ1v) is 10.4. The van der Waals surface area contributed by atoms with Gasteiger partial charge in [0.2, 0.25) is 0 Å². The predicted octanol–water partition coefficient (Wildman–Crippen LogP) is 6.10. The molecule has 0 aliphatic carbocycles. The van der Waals surface area contributed by atoms with Gasteiger partial charge < -0.3 is 0 Å². The van der Waals surface area contributed by atoms with E-state index in [0.29, 0.717) is 6.61 Å². The molecule has 0 saturated heterocycles. The van der Waals surface area contributed by atoms with Crippen LogP contribution in [0.5, 0.6) is 0 Å². The van der Waals surface area contributed by atoms with Crippen LogP contribution in [0.15, 0.2) is 0 Å². The normalized spacial score (nSPS) is 12.9. The molecule has 0 aromatic carbocycles. The molecule has 0 aromatic heterocycles. The third-order valence-electron chi connectivity index (χ3n) is 3.70. The molecule has 0 aliphatic rings. The van der Waals surface area contributed by atoms with Gasteiger partial charge in [-0.3, -0.25) is 8.37 Å². The average Bonchev–Trinajstić information content (AvgIpc) is 2.47. The Balaban J connectivity index is 3.07. The zero-order chi connectivity index (χ0) is 16.5. The smallest absolute Gasteiger partial charge is 0.268 e. The molecule has 0 spiro atoms. The minimum absolute atomic E-state index is 0.0486. The third kappa shape index (κ3) is 18.1. The Bertz CT molecular complexity index is 244. The van der Waals surface area contributed by atoms with Gasteiger partial charge in [0.1, 0.15) is 0 Å². The fourth-order valence-corrected chi connectivity index (χ4v) is 3.06. The zero-order valence-electron chi connectivity index (χ0n) is 15.1. The van der Waals surface area contributed by atoms with Crippen LogP contribution in [-0.4, -0.2) is 16.9 Å². The van der Waals surface area contributed by atoms with Crippen LogP contribution in [0, 0.1) is 0 Å². The summed E-state index contributed by atoms with van der Waals surface area (Å²) >= 11 is -1.57. The van der Waals surface area contributed by atoms with E-state index in [0.717, 1.165) is 12.8 Å². The molecule has 0 aromatic rings. The Morgan fingerprint density at radius 1 is 0.727 bits per heavy atom. The maximum Gasteiger partial charge on any atom is 0.304 e. The van der Waals surface area contributed by atoms with Crippen LogP contribution in [0.3, 0.4) is 0 Å². The molecule has 0 rings (SSSR count). The standard InChI is InChI=1S/C18H38O3S/c1-4-5-6-7-8-9-10-11-12-13-14-15-16-17-20-22(19)21-18(2)3/h18H,4-17H2,1-3H3. The van der Waals surface area contributed by atoms with Crippen molar-refractivity contribution in [2.24, 2.45) is 0 Å². The molecular weight excluding hydrogens is 296 g/mol. The highest BCUT2D eigenvalue weighted by atomic mass is 32.2. The fourth-order valence-electron chi connectivity index (χ4n) is 2.43. The Kier molecular flexibility index (Phi) is 17.5. The summed E-state index contributed by atoms with van der Waals surface area (Å²) < 4.78 is 21.4. The Labute approximate surface area is 141 Å². The van der Waals surface area contributed by atoms with Crippen molar-refractivity contribution in [1.82, 2.24) is 0 Å². The summed E-state index contributed by atoms with van der Waals surface area (Å²) in [4.78, 5) is 0. The van der Waals surface area contributed by atoms with Gasteiger partial charge in [-0.15, -0.1) is 0 Å². The second-order valence-corrected chi connectivity index (χ2v) is 7.25. The van der Waals surface area contributed by atoms with E-state index in [4.69, 9.17) is 8.37 Å². The fraction of sp³-hybridized carbons (Fsp3) is 1.00. The third-order valence-corrected chi connectivity index (χ3v) is 4.60. The van der Waals surface area contributed by atoms with E-state index in [9.17, 15) is 4.21 Å². The van der Waals surface area contributed by atoms with Crippen molar-refractivity contribution in [1.29, 1.82) is 0 Å². The average molecular weight is 335 g/mol. The molecule has 0 amide bonds. The van der Waals surface area contributed by atoms with Crippen molar-refractivity contribution in [3.63, 3.8) is 0 Å². The number of hydrogen-bond donors (Lipinski definition) is 0. The van der Waals surface area contributed by atoms with Crippen LogP contribution < -0.4 is 0 Å². The Morgan fingerprint density at radius 3 is 1.55 bits per heavy atom. The van der Waals surface area contributed by atoms with Crippen molar-refractivity contribution in [3.8, 4) is 0 Å². The first kappa shape index (κ1) is 22.1. The minimum Gasteiger partial charge on any atom is -0.268 e. The lowest BCUT2D eigenvalue weighted by molar-refractivity contribution is 0.205. The molecule has 0 aliphatic heterocycles. The largest absolute Gasteiger partial charge is 0.304 e. The van der Waals surface area contributed by atoms with Crippen molar-refractivity contribution in [2.75, 3.05) is 6.61 Å². The Morgan fingerprint density at radius 2 is 1.14 bits per heavy atom. The molecule has 1 unspecified atom stereocenters. The van der Waals surface area contributed by atoms with Crippen LogP contribution in [0.2, 0.25) is 0 Å². The summed E-state index contributed by atoms with van der Waals surface area (Å²) in [7, 11) is 0. The van der Waals surface area contributed by atoms with Gasteiger partial charge in [0, 0.05) is 0 Å². The minimum atomic E-state index is -1.57. The summed E-state index contributed by atoms with van der Waals surface area (Å²) in [5, 5.41) is 0. The van der Waals surface area contributed by atoms with Gasteiger partial charge in [-0.1, -0.05) is 84.0 Å². The van der Waals surface area contributed by atoms with Crippen molar-refractivity contribution in [3.05, 3.63) is 0 Å². The molecule has 0 heterocycles. The van der Waals surface area contributed by atoms with Crippen LogP contribution in [0.4, 0.5) is 0 Å². The highest BCUT2D eigenvalue weighted by Gasteiger charge is 2.03. The van der Waals surface area contributed by atoms with E-state index < -0.39 is 11.4 Å². The first-order chi connectivity index (χ1) is 10.7. The molecule has 0 bridgehead atoms. The lowest BCUT2D eigenvalue weighted by Gasteiger charge is -2.06. The van der Waals surface area contributed by atoms with Crippen LogP contribution in [0.25, 0.3) is 0 Å². The number of unbranched alkanes of at least 4 members (excludes halogenated alkanes) is 12. The van der Waals surface area contributed by atoms with Gasteiger partial charge in [-0.2, -0.15) is 4.21 Å². The van der Waals surface area contributed by atoms with Crippen LogP contribution in [-0.2, 0) is 19.7 Å². The van der Waals surface area contributed by atoms with Crippen molar-refractivity contribution >= 4 is 11.4 Å². The first-order valence-electron chi connectivity index (χ1n) is 9.39. The molecule has 0 N–H and O–H groups in total. The number of hydrogen-bond acceptors (Lipinski definition) is 3. The van der Waals surface area contributed by atoms with Gasteiger partial charge in [0.05, 0.1) is 12.7 Å². The summed E-state index contributed by atoms with van der Waals surface area (Å²) in [5.74, 6) is 0. The monoisotopic (exact) mass is 334 g/mol. The maximum atomic E-state index is 11.2. The molecule has 4 heteroatoms. The van der Waals surface area contributed by atoms with E-state index in [1.165, 1.54) is 70.6 Å². The van der Waals surface area contributed by atoms with E-state index in [2.05, 4.69) is 6.92 Å². The van der Waals surface area contributed by atoms with Gasteiger partial charge in [-0.25, -0.2) is 0 Å². The van der Waals surface area contributed by atoms with Gasteiger partial charge >= 0.3 is 11.4 Å². The zero-order valence-corrected chi connectivity index (χ0v) is 15.9. The highest BCUT2D eigenvalue weighted by Crippen LogP contribution is 2.12. The quantitative estimate of drug-likeness (QED) is 0.302. The number of rotatable bonds is 17. The summed E-state index contributed by atoms with van der Waals surface area (Å²) in [6.07, 6.45) is 17.3. The van der Waals surface area contributed by atoms with Crippen LogP contribution in [0.1, 0.15) is 104 Å². The predicted molar refractivity (Wildman–Crippen MR) is 96.0 cm³/mol. The van der Waals surface area contributed by atoms with Crippen molar-refractivity contribution in [2.45, 2.75) is 110 Å². The second-order valence-electron chi connectivity index (χ2n) is 6.41. The van der Waals surface area contributed by atoms with E-state index in [-0.39, 0.29) is 6.10 Å². The molecule has 3 nitrogen and oxygen atoms in total. The van der Waals surface area contributed by atoms with E-state index >= 15 is 0 Å². The van der Waals surface area contributed by atoms with Gasteiger partial charge in [0.15, 0.2) is 0 Å². The maximum absolute atomic E-state index is 11.2. The molecular formula is C18H38O3S. The summed E-state index contributed by atoms with van der Waals surface area (Å²) in [5.41, 5.74) is 0. The van der Waals surface area contributed by atoms with Gasteiger partial charge in [0.25, 0.3) is 0 Å². The van der Waals surface area contributed by atoms with E-state index in [1.54, 1.807) is 0 Å². The van der Waals surface area contributed by atoms with Crippen LogP contribution >= 0.6 is 0 Å². The summed E-state index contributed by atoms with van der Waals surface area (Å²) in [6, 6.07) is 0. The summed E-state index contributed by atoms with van der Waals surface area (Å²) in [6.45, 7) is 6.51. The molecule has 134 valence electrons. The van der Waals surface area contributed by atoms with E-state index in [1.807, 2.05) is 13.8 Å². The lowest BCUT2D eigenvalue weighted by Crippen LogP contribution is -2.09. The lowest BCUT2D eigenvalue weighted by atomic mass is 10.0. The van der Waals surface area contributed by atoms with Gasteiger partial charge in [-0.05, 0) is 20.3 Å². The SMILES string of the molecule is CCCCCCCCCCCCCCCOS(=O)OC(C)C. The topological polar surface area (TPSA) is 35.5 Å². The molecule has 0 fully saturated rings. The second kappa shape index (κ2) is 17.4. The molecule has 0 saturated carbocycles. The molecule has 22 heavy (non-hydrogen) atoms.